The highest BCUT2D eigenvalue weighted by atomic mass is 32.2. The third-order valence-electron chi connectivity index (χ3n) is 6.07. The maximum atomic E-state index is 12.4. The van der Waals surface area contributed by atoms with Crippen molar-refractivity contribution in [2.24, 2.45) is 5.92 Å². The van der Waals surface area contributed by atoms with Crippen molar-refractivity contribution >= 4 is 10.0 Å². The highest BCUT2D eigenvalue weighted by molar-refractivity contribution is 7.89. The van der Waals surface area contributed by atoms with Crippen LogP contribution in [0.25, 0.3) is 0 Å². The molecule has 4 rings (SSSR count). The molecule has 2 aliphatic rings. The molecule has 2 aliphatic heterocycles. The molecule has 2 aromatic carbocycles. The van der Waals surface area contributed by atoms with E-state index in [4.69, 9.17) is 9.47 Å². The number of methoxy groups -OCH3 is 1. The van der Waals surface area contributed by atoms with Crippen LogP contribution in [-0.4, -0.2) is 53.2 Å². The summed E-state index contributed by atoms with van der Waals surface area (Å²) in [5.41, 5.74) is 1.82. The maximum absolute atomic E-state index is 12.4. The van der Waals surface area contributed by atoms with Crippen molar-refractivity contribution in [2.45, 2.75) is 23.7 Å². The first-order chi connectivity index (χ1) is 15.0. The van der Waals surface area contributed by atoms with Gasteiger partial charge in [0.1, 0.15) is 11.5 Å². The first-order valence-electron chi connectivity index (χ1n) is 10.5. The monoisotopic (exact) mass is 441 g/mol. The summed E-state index contributed by atoms with van der Waals surface area (Å²) in [6.07, 6.45) is 1.68. The molecule has 164 valence electrons. The zero-order chi connectivity index (χ0) is 21.8. The molecule has 0 aliphatic carbocycles. The van der Waals surface area contributed by atoms with Crippen LogP contribution in [-0.2, 0) is 10.0 Å². The summed E-state index contributed by atoms with van der Waals surface area (Å²) in [7, 11) is -1.96. The molecular weight excluding hydrogens is 414 g/mol. The Balaban J connectivity index is 1.24. The highest BCUT2D eigenvalue weighted by Crippen LogP contribution is 2.41. The van der Waals surface area contributed by atoms with E-state index in [1.165, 1.54) is 0 Å². The van der Waals surface area contributed by atoms with E-state index in [2.05, 4.69) is 15.7 Å². The van der Waals surface area contributed by atoms with E-state index in [-0.39, 0.29) is 4.90 Å². The highest BCUT2D eigenvalue weighted by Gasteiger charge is 2.38. The van der Waals surface area contributed by atoms with E-state index in [1.807, 2.05) is 12.1 Å². The Labute approximate surface area is 183 Å². The molecule has 2 aromatic rings. The second-order valence-corrected chi connectivity index (χ2v) is 9.85. The lowest BCUT2D eigenvalue weighted by atomic mass is 9.86. The first kappa shape index (κ1) is 21.6. The number of benzene rings is 2. The molecule has 0 spiro atoms. The van der Waals surface area contributed by atoms with Gasteiger partial charge < -0.3 is 14.4 Å². The number of sulfonamides is 1. The lowest BCUT2D eigenvalue weighted by molar-refractivity contribution is 0.212. The van der Waals surface area contributed by atoms with E-state index in [0.717, 1.165) is 43.8 Å². The Morgan fingerprint density at radius 3 is 2.74 bits per heavy atom. The van der Waals surface area contributed by atoms with Gasteiger partial charge in [0.2, 0.25) is 10.0 Å². The van der Waals surface area contributed by atoms with Gasteiger partial charge >= 0.3 is 0 Å². The number of rotatable bonds is 8. The molecular formula is C23H27N3O4S. The van der Waals surface area contributed by atoms with Crippen molar-refractivity contribution < 1.29 is 17.9 Å². The molecule has 7 nitrogen and oxygen atoms in total. The van der Waals surface area contributed by atoms with Gasteiger partial charge in [0.25, 0.3) is 0 Å². The summed E-state index contributed by atoms with van der Waals surface area (Å²) >= 11 is 0. The second-order valence-electron chi connectivity index (χ2n) is 8.08. The van der Waals surface area contributed by atoms with Crippen LogP contribution in [0.5, 0.6) is 11.5 Å². The Morgan fingerprint density at radius 2 is 2.00 bits per heavy atom. The van der Waals surface area contributed by atoms with Gasteiger partial charge in [-0.1, -0.05) is 0 Å². The van der Waals surface area contributed by atoms with Crippen LogP contribution in [0.1, 0.15) is 29.9 Å². The standard InChI is InChI=1S/C23H27N3O4S/c1-29-19-5-7-20(8-6-19)31(27,28)25-10-2-3-11-26-14-18-16-30-23-9-4-17(13-24)12-21(23)22(18)15-26/h4-9,12,18,22,25H,2-3,10-11,14-16H2,1H3/t18-,22+/m0/s1. The molecule has 0 radical (unpaired) electrons. The Kier molecular flexibility index (Phi) is 6.46. The molecule has 1 fully saturated rings. The predicted octanol–water partition coefficient (Wildman–Crippen LogP) is 2.73. The summed E-state index contributed by atoms with van der Waals surface area (Å²) in [5.74, 6) is 2.36. The zero-order valence-corrected chi connectivity index (χ0v) is 18.4. The van der Waals surface area contributed by atoms with Crippen LogP contribution in [0.4, 0.5) is 0 Å². The minimum atomic E-state index is -3.50. The van der Waals surface area contributed by atoms with E-state index in [0.29, 0.717) is 36.3 Å². The van der Waals surface area contributed by atoms with E-state index >= 15 is 0 Å². The lowest BCUT2D eigenvalue weighted by Crippen LogP contribution is -2.27. The number of ether oxygens (including phenoxy) is 2. The van der Waals surface area contributed by atoms with Gasteiger partial charge in [0.15, 0.2) is 0 Å². The molecule has 31 heavy (non-hydrogen) atoms. The fraction of sp³-hybridized carbons (Fsp3) is 0.435. The van der Waals surface area contributed by atoms with Crippen molar-refractivity contribution in [3.05, 3.63) is 53.6 Å². The summed E-state index contributed by atoms with van der Waals surface area (Å²) < 4.78 is 38.4. The Bertz CT molecular complexity index is 1060. The molecule has 1 N–H and O–H groups in total. The summed E-state index contributed by atoms with van der Waals surface area (Å²) in [6.45, 7) is 3.96. The minimum Gasteiger partial charge on any atom is -0.497 e. The van der Waals surface area contributed by atoms with Crippen molar-refractivity contribution in [1.82, 2.24) is 9.62 Å². The number of nitrogens with one attached hydrogen (secondary N) is 1. The fourth-order valence-corrected chi connectivity index (χ4v) is 5.48. The number of nitriles is 1. The van der Waals surface area contributed by atoms with Crippen molar-refractivity contribution in [1.29, 1.82) is 5.26 Å². The molecule has 2 atom stereocenters. The van der Waals surface area contributed by atoms with Gasteiger partial charge in [-0.25, -0.2) is 13.1 Å². The molecule has 2 heterocycles. The number of fused-ring (bicyclic) bond motifs is 3. The van der Waals surface area contributed by atoms with E-state index in [9.17, 15) is 13.7 Å². The number of unbranched alkanes of at least 4 members (excludes halogenated alkanes) is 1. The zero-order valence-electron chi connectivity index (χ0n) is 17.6. The van der Waals surface area contributed by atoms with Gasteiger partial charge in [-0.15, -0.1) is 0 Å². The van der Waals surface area contributed by atoms with Gasteiger partial charge in [-0.3, -0.25) is 0 Å². The summed E-state index contributed by atoms with van der Waals surface area (Å²) in [6, 6.07) is 14.3. The van der Waals surface area contributed by atoms with Crippen LogP contribution in [0.15, 0.2) is 47.4 Å². The molecule has 0 bridgehead atoms. The topological polar surface area (TPSA) is 91.7 Å². The van der Waals surface area contributed by atoms with Crippen LogP contribution in [0, 0.1) is 17.2 Å². The molecule has 8 heteroatoms. The first-order valence-corrected chi connectivity index (χ1v) is 12.0. The number of nitrogens with zero attached hydrogens (tertiary/aromatic N) is 2. The van der Waals surface area contributed by atoms with E-state index < -0.39 is 10.0 Å². The normalized spacial score (nSPS) is 20.4. The van der Waals surface area contributed by atoms with Gasteiger partial charge in [-0.05, 0) is 61.9 Å². The third kappa shape index (κ3) is 4.85. The fourth-order valence-electron chi connectivity index (χ4n) is 4.41. The molecule has 0 amide bonds. The van der Waals surface area contributed by atoms with Crippen molar-refractivity contribution in [2.75, 3.05) is 39.9 Å². The van der Waals surface area contributed by atoms with Gasteiger partial charge in [-0.2, -0.15) is 5.26 Å². The number of likely N-dealkylation sites (tertiary alicyclic amines) is 1. The van der Waals surface area contributed by atoms with Crippen molar-refractivity contribution in [3.63, 3.8) is 0 Å². The number of hydrogen-bond donors (Lipinski definition) is 1. The molecule has 0 aromatic heterocycles. The van der Waals surface area contributed by atoms with Crippen LogP contribution in [0.2, 0.25) is 0 Å². The second kappa shape index (κ2) is 9.27. The largest absolute Gasteiger partial charge is 0.497 e. The van der Waals surface area contributed by atoms with E-state index in [1.54, 1.807) is 37.4 Å². The average Bonchev–Trinajstić information content (AvgIpc) is 3.22. The Hall–Kier alpha value is -2.60. The van der Waals surface area contributed by atoms with Crippen LogP contribution < -0.4 is 14.2 Å². The van der Waals surface area contributed by atoms with Crippen molar-refractivity contribution in [3.8, 4) is 17.6 Å². The minimum absolute atomic E-state index is 0.243. The molecule has 0 unspecified atom stereocenters. The Morgan fingerprint density at radius 1 is 1.19 bits per heavy atom. The third-order valence-corrected chi connectivity index (χ3v) is 7.55. The molecule has 0 saturated carbocycles. The van der Waals surface area contributed by atoms with Crippen LogP contribution in [0.3, 0.4) is 0 Å². The SMILES string of the molecule is COc1ccc(S(=O)(=O)NCCCCN2C[C@H]3COc4ccc(C#N)cc4[C@@H]3C2)cc1. The maximum Gasteiger partial charge on any atom is 0.240 e. The molecule has 1 saturated heterocycles. The quantitative estimate of drug-likeness (QED) is 0.634. The summed E-state index contributed by atoms with van der Waals surface area (Å²) in [5, 5.41) is 9.20. The van der Waals surface area contributed by atoms with Crippen LogP contribution >= 0.6 is 0 Å². The summed E-state index contributed by atoms with van der Waals surface area (Å²) in [4.78, 5) is 2.66. The lowest BCUT2D eigenvalue weighted by Gasteiger charge is -2.27. The number of hydrogen-bond acceptors (Lipinski definition) is 6. The smallest absolute Gasteiger partial charge is 0.240 e. The van der Waals surface area contributed by atoms with Gasteiger partial charge in [0.05, 0.1) is 30.2 Å². The van der Waals surface area contributed by atoms with Gasteiger partial charge in [0, 0.05) is 37.0 Å². The average molecular weight is 442 g/mol. The predicted molar refractivity (Wildman–Crippen MR) is 117 cm³/mol.